The molecule has 1 saturated carbocycles. The van der Waals surface area contributed by atoms with Gasteiger partial charge < -0.3 is 0 Å². The van der Waals surface area contributed by atoms with Gasteiger partial charge in [0.1, 0.15) is 0 Å². The first kappa shape index (κ1) is 18.5. The van der Waals surface area contributed by atoms with Gasteiger partial charge >= 0.3 is 0 Å². The van der Waals surface area contributed by atoms with Crippen molar-refractivity contribution >= 4 is 21.8 Å². The standard InChI is InChI=1S/C20H25NO2S2/c1-15-11-13-17(14-12-15)25(22,23)21-18-8-4-6-10-20(18)24-19-9-5-3-7-16(19)2/h3,5,7,9,11-14,18,20-21H,4,6,8,10H2,1-2H3/t18-,20-/m0/s1. The summed E-state index contributed by atoms with van der Waals surface area (Å²) in [6.07, 6.45) is 4.17. The summed E-state index contributed by atoms with van der Waals surface area (Å²) in [5.41, 5.74) is 2.31. The fourth-order valence-electron chi connectivity index (χ4n) is 3.21. The van der Waals surface area contributed by atoms with E-state index in [1.807, 2.05) is 43.0 Å². The van der Waals surface area contributed by atoms with Crippen LogP contribution in [0.2, 0.25) is 0 Å². The lowest BCUT2D eigenvalue weighted by Gasteiger charge is -2.32. The lowest BCUT2D eigenvalue weighted by molar-refractivity contribution is 0.423. The number of thioether (sulfide) groups is 1. The van der Waals surface area contributed by atoms with E-state index in [0.717, 1.165) is 31.2 Å². The Labute approximate surface area is 155 Å². The Balaban J connectivity index is 1.77. The molecule has 2 atom stereocenters. The van der Waals surface area contributed by atoms with Crippen molar-refractivity contribution in [3.8, 4) is 0 Å². The first-order chi connectivity index (χ1) is 12.0. The molecule has 0 bridgehead atoms. The minimum atomic E-state index is -3.48. The molecule has 1 aliphatic carbocycles. The normalized spacial score (nSPS) is 21.2. The molecule has 2 aromatic carbocycles. The molecule has 5 heteroatoms. The average Bonchev–Trinajstić information content (AvgIpc) is 2.59. The summed E-state index contributed by atoms with van der Waals surface area (Å²) in [7, 11) is -3.48. The van der Waals surface area contributed by atoms with Crippen molar-refractivity contribution in [2.45, 2.75) is 60.6 Å². The third-order valence-electron chi connectivity index (χ3n) is 4.71. The van der Waals surface area contributed by atoms with Crippen LogP contribution in [0.4, 0.5) is 0 Å². The molecule has 0 heterocycles. The van der Waals surface area contributed by atoms with Crippen molar-refractivity contribution < 1.29 is 8.42 Å². The van der Waals surface area contributed by atoms with Gasteiger partial charge in [0.15, 0.2) is 0 Å². The Kier molecular flexibility index (Phi) is 5.87. The zero-order valence-corrected chi connectivity index (χ0v) is 16.4. The first-order valence-corrected chi connectivity index (χ1v) is 11.1. The molecule has 0 aromatic heterocycles. The van der Waals surface area contributed by atoms with E-state index < -0.39 is 10.0 Å². The summed E-state index contributed by atoms with van der Waals surface area (Å²) < 4.78 is 28.5. The Hall–Kier alpha value is -1.30. The Morgan fingerprint density at radius 1 is 0.960 bits per heavy atom. The van der Waals surface area contributed by atoms with Gasteiger partial charge in [-0.25, -0.2) is 13.1 Å². The van der Waals surface area contributed by atoms with Crippen molar-refractivity contribution in [3.05, 3.63) is 59.7 Å². The Morgan fingerprint density at radius 3 is 2.36 bits per heavy atom. The third-order valence-corrected chi connectivity index (χ3v) is 7.80. The molecule has 0 saturated heterocycles. The topological polar surface area (TPSA) is 46.2 Å². The summed E-state index contributed by atoms with van der Waals surface area (Å²) >= 11 is 1.81. The summed E-state index contributed by atoms with van der Waals surface area (Å²) in [6.45, 7) is 4.07. The lowest BCUT2D eigenvalue weighted by Crippen LogP contribution is -2.43. The largest absolute Gasteiger partial charge is 0.240 e. The van der Waals surface area contributed by atoms with Gasteiger partial charge in [-0.05, 0) is 50.5 Å². The second kappa shape index (κ2) is 7.94. The Morgan fingerprint density at radius 2 is 1.64 bits per heavy atom. The van der Waals surface area contributed by atoms with Gasteiger partial charge in [0.2, 0.25) is 10.0 Å². The van der Waals surface area contributed by atoms with Gasteiger partial charge in [0, 0.05) is 16.2 Å². The SMILES string of the molecule is Cc1ccc(S(=O)(=O)N[C@H]2CCCC[C@@H]2Sc2ccccc2C)cc1. The summed E-state index contributed by atoms with van der Waals surface area (Å²) in [6, 6.07) is 15.3. The molecule has 2 aromatic rings. The number of benzene rings is 2. The van der Waals surface area contributed by atoms with Gasteiger partial charge in [0.25, 0.3) is 0 Å². The predicted molar refractivity (Wildman–Crippen MR) is 105 cm³/mol. The molecule has 3 rings (SSSR count). The van der Waals surface area contributed by atoms with Crippen LogP contribution >= 0.6 is 11.8 Å². The molecular weight excluding hydrogens is 350 g/mol. The average molecular weight is 376 g/mol. The lowest BCUT2D eigenvalue weighted by atomic mass is 9.96. The van der Waals surface area contributed by atoms with E-state index in [9.17, 15) is 8.42 Å². The molecule has 0 spiro atoms. The minimum absolute atomic E-state index is 0.0235. The number of hydrogen-bond donors (Lipinski definition) is 1. The van der Waals surface area contributed by atoms with Crippen molar-refractivity contribution in [3.63, 3.8) is 0 Å². The highest BCUT2D eigenvalue weighted by Crippen LogP contribution is 2.35. The molecule has 3 nitrogen and oxygen atoms in total. The number of sulfonamides is 1. The van der Waals surface area contributed by atoms with Crippen molar-refractivity contribution in [1.29, 1.82) is 0 Å². The van der Waals surface area contributed by atoms with Crippen LogP contribution in [0.5, 0.6) is 0 Å². The first-order valence-electron chi connectivity index (χ1n) is 8.77. The minimum Gasteiger partial charge on any atom is -0.207 e. The van der Waals surface area contributed by atoms with Crippen molar-refractivity contribution in [2.75, 3.05) is 0 Å². The van der Waals surface area contributed by atoms with Gasteiger partial charge in [0.05, 0.1) is 4.90 Å². The van der Waals surface area contributed by atoms with E-state index in [1.165, 1.54) is 10.5 Å². The molecule has 1 aliphatic rings. The van der Waals surface area contributed by atoms with Crippen LogP contribution in [0.1, 0.15) is 36.8 Å². The molecule has 0 unspecified atom stereocenters. The number of nitrogens with one attached hydrogen (secondary N) is 1. The van der Waals surface area contributed by atoms with Crippen LogP contribution in [0.15, 0.2) is 58.3 Å². The quantitative estimate of drug-likeness (QED) is 0.825. The highest BCUT2D eigenvalue weighted by Gasteiger charge is 2.30. The molecule has 0 radical (unpaired) electrons. The number of hydrogen-bond acceptors (Lipinski definition) is 3. The van der Waals surface area contributed by atoms with Crippen LogP contribution in [-0.4, -0.2) is 19.7 Å². The van der Waals surface area contributed by atoms with E-state index in [1.54, 1.807) is 12.1 Å². The van der Waals surface area contributed by atoms with Crippen LogP contribution in [-0.2, 0) is 10.0 Å². The van der Waals surface area contributed by atoms with E-state index in [0.29, 0.717) is 4.90 Å². The maximum atomic E-state index is 12.8. The molecule has 134 valence electrons. The second-order valence-electron chi connectivity index (χ2n) is 6.75. The van der Waals surface area contributed by atoms with E-state index in [-0.39, 0.29) is 11.3 Å². The van der Waals surface area contributed by atoms with Gasteiger partial charge in [-0.2, -0.15) is 0 Å². The molecule has 0 aliphatic heterocycles. The molecule has 0 amide bonds. The van der Waals surface area contributed by atoms with Gasteiger partial charge in [-0.1, -0.05) is 48.7 Å². The number of aryl methyl sites for hydroxylation is 2. The second-order valence-corrected chi connectivity index (χ2v) is 9.74. The highest BCUT2D eigenvalue weighted by molar-refractivity contribution is 8.00. The van der Waals surface area contributed by atoms with Gasteiger partial charge in [-0.15, -0.1) is 11.8 Å². The summed E-state index contributed by atoms with van der Waals surface area (Å²) in [4.78, 5) is 1.59. The Bertz CT molecular complexity index is 816. The smallest absolute Gasteiger partial charge is 0.207 e. The maximum absolute atomic E-state index is 12.8. The molecule has 1 fully saturated rings. The van der Waals surface area contributed by atoms with Crippen LogP contribution < -0.4 is 4.72 Å². The van der Waals surface area contributed by atoms with Crippen LogP contribution in [0.3, 0.4) is 0 Å². The maximum Gasteiger partial charge on any atom is 0.240 e. The fourth-order valence-corrected chi connectivity index (χ4v) is 6.00. The van der Waals surface area contributed by atoms with Crippen LogP contribution in [0, 0.1) is 13.8 Å². The van der Waals surface area contributed by atoms with E-state index >= 15 is 0 Å². The molecule has 1 N–H and O–H groups in total. The van der Waals surface area contributed by atoms with E-state index in [2.05, 4.69) is 23.8 Å². The molecule has 25 heavy (non-hydrogen) atoms. The molecular formula is C20H25NO2S2. The zero-order valence-electron chi connectivity index (χ0n) is 14.7. The third kappa shape index (κ3) is 4.66. The highest BCUT2D eigenvalue weighted by atomic mass is 32.2. The summed E-state index contributed by atoms with van der Waals surface area (Å²) in [5, 5.41) is 0.273. The predicted octanol–water partition coefficient (Wildman–Crippen LogP) is 4.69. The van der Waals surface area contributed by atoms with Crippen LogP contribution in [0.25, 0.3) is 0 Å². The zero-order chi connectivity index (χ0) is 17.9. The van der Waals surface area contributed by atoms with Crippen molar-refractivity contribution in [2.24, 2.45) is 0 Å². The van der Waals surface area contributed by atoms with Gasteiger partial charge in [-0.3, -0.25) is 0 Å². The van der Waals surface area contributed by atoms with E-state index in [4.69, 9.17) is 0 Å². The summed E-state index contributed by atoms with van der Waals surface area (Å²) in [5.74, 6) is 0. The fraction of sp³-hybridized carbons (Fsp3) is 0.400. The monoisotopic (exact) mass is 375 g/mol. The number of rotatable bonds is 5. The van der Waals surface area contributed by atoms with Crippen molar-refractivity contribution in [1.82, 2.24) is 4.72 Å².